The van der Waals surface area contributed by atoms with Gasteiger partial charge in [-0.05, 0) is 45.1 Å². The van der Waals surface area contributed by atoms with Gasteiger partial charge in [0.05, 0.1) is 12.2 Å². The minimum absolute atomic E-state index is 0.0117. The molecule has 0 unspecified atom stereocenters. The molecule has 2 saturated heterocycles. The Kier molecular flexibility index (Phi) is 3.07. The lowest BCUT2D eigenvalue weighted by molar-refractivity contribution is -0.141. The van der Waals surface area contributed by atoms with Gasteiger partial charge in [0, 0.05) is 11.5 Å². The number of ether oxygens (including phenoxy) is 2. The summed E-state index contributed by atoms with van der Waals surface area (Å²) in [4.78, 5) is 11.9. The van der Waals surface area contributed by atoms with Gasteiger partial charge in [-0.3, -0.25) is 0 Å². The van der Waals surface area contributed by atoms with Crippen molar-refractivity contribution in [3.8, 4) is 0 Å². The predicted molar refractivity (Wildman–Crippen MR) is 74.0 cm³/mol. The number of rotatable bonds is 1. The van der Waals surface area contributed by atoms with Crippen molar-refractivity contribution in [1.82, 2.24) is 0 Å². The topological polar surface area (TPSA) is 59.1 Å². The fourth-order valence-corrected chi connectivity index (χ4v) is 3.67. The number of hydrogen-bond donors (Lipinski definition) is 1. The van der Waals surface area contributed by atoms with Crippen LogP contribution in [0.5, 0.6) is 0 Å². The summed E-state index contributed by atoms with van der Waals surface area (Å²) in [5.41, 5.74) is 0.919. The minimum Gasteiger partial charge on any atom is -0.455 e. The maximum atomic E-state index is 11.9. The summed E-state index contributed by atoms with van der Waals surface area (Å²) >= 11 is 0. The summed E-state index contributed by atoms with van der Waals surface area (Å²) in [7, 11) is 0. The first-order valence-electron chi connectivity index (χ1n) is 7.30. The van der Waals surface area contributed by atoms with E-state index in [9.17, 15) is 9.90 Å². The molecule has 0 amide bonds. The molecule has 0 spiro atoms. The first-order valence-corrected chi connectivity index (χ1v) is 7.30. The van der Waals surface area contributed by atoms with Crippen molar-refractivity contribution in [2.45, 2.75) is 56.8 Å². The second-order valence-electron chi connectivity index (χ2n) is 6.50. The zero-order valence-corrected chi connectivity index (χ0v) is 12.1. The molecule has 0 aromatic carbocycles. The highest BCUT2D eigenvalue weighted by molar-refractivity contribution is 5.91. The smallest absolute Gasteiger partial charge is 0.334 e. The van der Waals surface area contributed by atoms with Crippen molar-refractivity contribution >= 4 is 5.97 Å². The van der Waals surface area contributed by atoms with Crippen LogP contribution in [0.15, 0.2) is 23.8 Å². The SMILES string of the molecule is C=C1C(=O)O[C@@H]2[C@@H]1CC/C(CO)=C\CC[C@]1(C)O[C@@]21C. The van der Waals surface area contributed by atoms with Gasteiger partial charge in [0.2, 0.25) is 0 Å². The number of carbonyl (C=O) groups excluding carboxylic acids is 1. The number of fused-ring (bicyclic) bond motifs is 3. The van der Waals surface area contributed by atoms with Gasteiger partial charge in [-0.15, -0.1) is 0 Å². The van der Waals surface area contributed by atoms with E-state index in [0.29, 0.717) is 5.57 Å². The molecule has 1 N–H and O–H groups in total. The van der Waals surface area contributed by atoms with E-state index >= 15 is 0 Å². The molecular weight excluding hydrogens is 256 g/mol. The third-order valence-corrected chi connectivity index (χ3v) is 5.33. The molecule has 4 atom stereocenters. The van der Waals surface area contributed by atoms with Gasteiger partial charge in [-0.25, -0.2) is 4.79 Å². The molecule has 1 aliphatic carbocycles. The van der Waals surface area contributed by atoms with Crippen molar-refractivity contribution in [2.24, 2.45) is 5.92 Å². The average Bonchev–Trinajstić information content (AvgIpc) is 2.84. The lowest BCUT2D eigenvalue weighted by Gasteiger charge is -2.25. The van der Waals surface area contributed by atoms with Crippen LogP contribution in [0, 0.1) is 5.92 Å². The monoisotopic (exact) mass is 278 g/mol. The van der Waals surface area contributed by atoms with Gasteiger partial charge in [0.15, 0.2) is 0 Å². The molecule has 2 heterocycles. The van der Waals surface area contributed by atoms with Crippen molar-refractivity contribution < 1.29 is 19.4 Å². The fourth-order valence-electron chi connectivity index (χ4n) is 3.67. The highest BCUT2D eigenvalue weighted by atomic mass is 16.7. The zero-order chi connectivity index (χ0) is 14.5. The molecule has 2 aliphatic heterocycles. The molecule has 0 aromatic rings. The number of epoxide rings is 1. The number of esters is 1. The Balaban J connectivity index is 1.92. The van der Waals surface area contributed by atoms with Crippen LogP contribution in [0.3, 0.4) is 0 Å². The Morgan fingerprint density at radius 3 is 2.95 bits per heavy atom. The summed E-state index contributed by atoms with van der Waals surface area (Å²) < 4.78 is 11.5. The van der Waals surface area contributed by atoms with Crippen molar-refractivity contribution in [3.05, 3.63) is 23.8 Å². The van der Waals surface area contributed by atoms with Gasteiger partial charge in [-0.1, -0.05) is 12.7 Å². The van der Waals surface area contributed by atoms with Crippen LogP contribution in [0.25, 0.3) is 0 Å². The van der Waals surface area contributed by atoms with Crippen LogP contribution in [-0.2, 0) is 14.3 Å². The molecule has 0 bridgehead atoms. The van der Waals surface area contributed by atoms with E-state index < -0.39 is 5.60 Å². The van der Waals surface area contributed by atoms with E-state index in [1.165, 1.54) is 0 Å². The highest BCUT2D eigenvalue weighted by Crippen LogP contribution is 2.58. The summed E-state index contributed by atoms with van der Waals surface area (Å²) in [5.74, 6) is -0.310. The quantitative estimate of drug-likeness (QED) is 0.345. The minimum atomic E-state index is -0.405. The Hall–Kier alpha value is -1.13. The van der Waals surface area contributed by atoms with Gasteiger partial charge >= 0.3 is 5.97 Å². The van der Waals surface area contributed by atoms with E-state index in [4.69, 9.17) is 9.47 Å². The molecule has 4 heteroatoms. The Labute approximate surface area is 119 Å². The number of allylic oxidation sites excluding steroid dienone is 1. The first-order chi connectivity index (χ1) is 9.41. The number of aliphatic hydroxyl groups excluding tert-OH is 1. The van der Waals surface area contributed by atoms with Crippen LogP contribution < -0.4 is 0 Å². The lowest BCUT2D eigenvalue weighted by Crippen LogP contribution is -2.38. The van der Waals surface area contributed by atoms with Crippen LogP contribution in [0.4, 0.5) is 0 Å². The number of hydrogen-bond acceptors (Lipinski definition) is 4. The van der Waals surface area contributed by atoms with Crippen molar-refractivity contribution in [2.75, 3.05) is 6.61 Å². The van der Waals surface area contributed by atoms with Crippen LogP contribution in [-0.4, -0.2) is 35.0 Å². The molecule has 2 fully saturated rings. The van der Waals surface area contributed by atoms with Crippen LogP contribution in [0.1, 0.15) is 39.5 Å². The number of aliphatic hydroxyl groups is 1. The Morgan fingerprint density at radius 1 is 1.50 bits per heavy atom. The summed E-state index contributed by atoms with van der Waals surface area (Å²) in [6, 6.07) is 0. The number of carbonyl (C=O) groups is 1. The van der Waals surface area contributed by atoms with Gasteiger partial charge in [0.1, 0.15) is 11.7 Å². The third-order valence-electron chi connectivity index (χ3n) is 5.33. The second kappa shape index (κ2) is 4.43. The van der Waals surface area contributed by atoms with Crippen LogP contribution in [0.2, 0.25) is 0 Å². The lowest BCUT2D eigenvalue weighted by atomic mass is 9.77. The molecule has 0 radical (unpaired) electrons. The van der Waals surface area contributed by atoms with Crippen LogP contribution >= 0.6 is 0 Å². The summed E-state index contributed by atoms with van der Waals surface area (Å²) in [6.45, 7) is 8.08. The van der Waals surface area contributed by atoms with Gasteiger partial charge in [-0.2, -0.15) is 0 Å². The van der Waals surface area contributed by atoms with Crippen molar-refractivity contribution in [1.29, 1.82) is 0 Å². The van der Waals surface area contributed by atoms with Gasteiger partial charge in [0.25, 0.3) is 0 Å². The third kappa shape index (κ3) is 1.85. The van der Waals surface area contributed by atoms with E-state index in [1.807, 2.05) is 6.92 Å². The average molecular weight is 278 g/mol. The molecule has 0 saturated carbocycles. The fraction of sp³-hybridized carbons (Fsp3) is 0.688. The molecule has 3 aliphatic rings. The maximum Gasteiger partial charge on any atom is 0.334 e. The molecule has 110 valence electrons. The van der Waals surface area contributed by atoms with Crippen molar-refractivity contribution in [3.63, 3.8) is 0 Å². The summed E-state index contributed by atoms with van der Waals surface area (Å²) in [5, 5.41) is 9.40. The highest BCUT2D eigenvalue weighted by Gasteiger charge is 2.71. The molecule has 4 nitrogen and oxygen atoms in total. The Bertz CT molecular complexity index is 495. The predicted octanol–water partition coefficient (Wildman–Crippen LogP) is 2.12. The van der Waals surface area contributed by atoms with E-state index in [0.717, 1.165) is 31.3 Å². The molecule has 0 aromatic heterocycles. The maximum absolute atomic E-state index is 11.9. The Morgan fingerprint density at radius 2 is 2.25 bits per heavy atom. The van der Waals surface area contributed by atoms with Gasteiger partial charge < -0.3 is 14.6 Å². The standard InChI is InChI=1S/C16H22O4/c1-10-12-7-6-11(9-17)5-4-8-15(2)16(3,20-15)13(12)19-14(10)18/h5,12-13,17H,1,4,6-9H2,2-3H3/b11-5+/t12-,13-,15+,16+/m1/s1. The van der Waals surface area contributed by atoms with E-state index in [1.54, 1.807) is 0 Å². The van der Waals surface area contributed by atoms with E-state index in [-0.39, 0.29) is 30.2 Å². The molecular formula is C16H22O4. The second-order valence-corrected chi connectivity index (χ2v) is 6.50. The molecule has 3 rings (SSSR count). The van der Waals surface area contributed by atoms with E-state index in [2.05, 4.69) is 19.6 Å². The normalized spacial score (nSPS) is 46.9. The zero-order valence-electron chi connectivity index (χ0n) is 12.1. The molecule has 20 heavy (non-hydrogen) atoms. The largest absolute Gasteiger partial charge is 0.455 e. The summed E-state index contributed by atoms with van der Waals surface area (Å²) in [6.07, 6.45) is 5.17. The first kappa shape index (κ1) is 13.8.